The maximum Gasteiger partial charge on any atom is 0.258 e. The fourth-order valence-electron chi connectivity index (χ4n) is 2.59. The third-order valence-corrected chi connectivity index (χ3v) is 3.85. The molecule has 5 nitrogen and oxygen atoms in total. The Morgan fingerprint density at radius 3 is 2.28 bits per heavy atom. The summed E-state index contributed by atoms with van der Waals surface area (Å²) in [6.07, 6.45) is 0. The van der Waals surface area contributed by atoms with Gasteiger partial charge in [-0.25, -0.2) is 8.78 Å². The van der Waals surface area contributed by atoms with Crippen molar-refractivity contribution in [2.24, 2.45) is 0 Å². The molecular formula is C18H19F2NO4. The highest BCUT2D eigenvalue weighted by molar-refractivity contribution is 5.97. The van der Waals surface area contributed by atoms with Crippen molar-refractivity contribution in [3.63, 3.8) is 0 Å². The van der Waals surface area contributed by atoms with Crippen LogP contribution in [0.3, 0.4) is 0 Å². The Kier molecular flexibility index (Phi) is 5.46. The number of carbonyl (C=O) groups excluding carboxylic acids is 1. The summed E-state index contributed by atoms with van der Waals surface area (Å²) in [5.74, 6) is -2.67. The first-order chi connectivity index (χ1) is 11.8. The summed E-state index contributed by atoms with van der Waals surface area (Å²) in [6.45, 7) is 3.53. The molecule has 25 heavy (non-hydrogen) atoms. The first-order valence-electron chi connectivity index (χ1n) is 7.49. The number of benzene rings is 2. The minimum atomic E-state index is -1.13. The standard InChI is InChI=1S/C18H19F2NO4/c1-9-5-15(24-3)16(25-4)8-12(9)10(2)21-18(23)17-13(20)6-11(19)7-14(17)22/h5-8,10,22H,1-4H3,(H,21,23)/t10-/m0/s1. The molecule has 0 aromatic heterocycles. The summed E-state index contributed by atoms with van der Waals surface area (Å²) >= 11 is 0. The highest BCUT2D eigenvalue weighted by Crippen LogP contribution is 2.33. The van der Waals surface area contributed by atoms with Crippen LogP contribution < -0.4 is 14.8 Å². The summed E-state index contributed by atoms with van der Waals surface area (Å²) in [4.78, 5) is 12.3. The van der Waals surface area contributed by atoms with Crippen LogP contribution >= 0.6 is 0 Å². The minimum absolute atomic E-state index is 0.486. The van der Waals surface area contributed by atoms with Crippen LogP contribution in [-0.2, 0) is 0 Å². The van der Waals surface area contributed by atoms with Crippen molar-refractivity contribution in [3.05, 3.63) is 52.6 Å². The zero-order valence-corrected chi connectivity index (χ0v) is 14.3. The highest BCUT2D eigenvalue weighted by atomic mass is 19.1. The number of aromatic hydroxyl groups is 1. The van der Waals surface area contributed by atoms with Crippen molar-refractivity contribution >= 4 is 5.91 Å². The highest BCUT2D eigenvalue weighted by Gasteiger charge is 2.22. The van der Waals surface area contributed by atoms with Crippen LogP contribution in [0.25, 0.3) is 0 Å². The van der Waals surface area contributed by atoms with Gasteiger partial charge in [-0.15, -0.1) is 0 Å². The van der Waals surface area contributed by atoms with Gasteiger partial charge in [0.1, 0.15) is 22.9 Å². The largest absolute Gasteiger partial charge is 0.507 e. The molecule has 0 saturated carbocycles. The van der Waals surface area contributed by atoms with Crippen LogP contribution in [-0.4, -0.2) is 25.2 Å². The number of hydrogen-bond donors (Lipinski definition) is 2. The SMILES string of the molecule is COc1cc(C)c([C@H](C)NC(=O)c2c(O)cc(F)cc2F)cc1OC. The Morgan fingerprint density at radius 2 is 1.72 bits per heavy atom. The number of halogens is 2. The van der Waals surface area contributed by atoms with Gasteiger partial charge in [-0.05, 0) is 37.1 Å². The van der Waals surface area contributed by atoms with Crippen LogP contribution in [0.5, 0.6) is 17.2 Å². The van der Waals surface area contributed by atoms with E-state index < -0.39 is 34.9 Å². The van der Waals surface area contributed by atoms with E-state index in [9.17, 15) is 18.7 Å². The van der Waals surface area contributed by atoms with Crippen molar-refractivity contribution in [2.75, 3.05) is 14.2 Å². The van der Waals surface area contributed by atoms with Gasteiger partial charge in [0.05, 0.1) is 20.3 Å². The molecule has 7 heteroatoms. The predicted molar refractivity (Wildman–Crippen MR) is 88.2 cm³/mol. The van der Waals surface area contributed by atoms with Gasteiger partial charge in [-0.3, -0.25) is 4.79 Å². The van der Waals surface area contributed by atoms with E-state index in [0.29, 0.717) is 23.6 Å². The van der Waals surface area contributed by atoms with E-state index in [0.717, 1.165) is 11.1 Å². The molecule has 134 valence electrons. The van der Waals surface area contributed by atoms with Gasteiger partial charge in [0.15, 0.2) is 11.5 Å². The van der Waals surface area contributed by atoms with Gasteiger partial charge in [0.25, 0.3) is 5.91 Å². The van der Waals surface area contributed by atoms with Crippen LogP contribution in [0.1, 0.15) is 34.5 Å². The fraction of sp³-hybridized carbons (Fsp3) is 0.278. The monoisotopic (exact) mass is 351 g/mol. The maximum absolute atomic E-state index is 13.8. The summed E-state index contributed by atoms with van der Waals surface area (Å²) in [6, 6.07) is 4.18. The van der Waals surface area contributed by atoms with Crippen molar-refractivity contribution < 1.29 is 28.2 Å². The molecule has 0 bridgehead atoms. The first-order valence-corrected chi connectivity index (χ1v) is 7.49. The van der Waals surface area contributed by atoms with Crippen LogP contribution in [0.4, 0.5) is 8.78 Å². The van der Waals surface area contributed by atoms with E-state index >= 15 is 0 Å². The lowest BCUT2D eigenvalue weighted by atomic mass is 10.0. The van der Waals surface area contributed by atoms with Crippen molar-refractivity contribution in [3.8, 4) is 17.2 Å². The van der Waals surface area contributed by atoms with Gasteiger partial charge in [0, 0.05) is 12.1 Å². The molecule has 2 aromatic rings. The van der Waals surface area contributed by atoms with Crippen LogP contribution in [0, 0.1) is 18.6 Å². The lowest BCUT2D eigenvalue weighted by molar-refractivity contribution is 0.0932. The Hall–Kier alpha value is -2.83. The molecule has 0 radical (unpaired) electrons. The molecule has 0 spiro atoms. The zero-order chi connectivity index (χ0) is 18.7. The summed E-state index contributed by atoms with van der Waals surface area (Å²) in [7, 11) is 3.01. The quantitative estimate of drug-likeness (QED) is 0.865. The van der Waals surface area contributed by atoms with Crippen molar-refractivity contribution in [2.45, 2.75) is 19.9 Å². The van der Waals surface area contributed by atoms with E-state index in [2.05, 4.69) is 5.32 Å². The average molecular weight is 351 g/mol. The second-order valence-corrected chi connectivity index (χ2v) is 5.54. The third-order valence-electron chi connectivity index (χ3n) is 3.85. The number of hydrogen-bond acceptors (Lipinski definition) is 4. The van der Waals surface area contributed by atoms with E-state index in [1.165, 1.54) is 14.2 Å². The Morgan fingerprint density at radius 1 is 1.12 bits per heavy atom. The predicted octanol–water partition coefficient (Wildman–Crippen LogP) is 3.49. The second kappa shape index (κ2) is 7.38. The second-order valence-electron chi connectivity index (χ2n) is 5.54. The number of carbonyl (C=O) groups is 1. The Labute approximate surface area is 144 Å². The molecule has 0 unspecified atom stereocenters. The van der Waals surface area contributed by atoms with Gasteiger partial charge in [-0.2, -0.15) is 0 Å². The molecule has 0 aliphatic carbocycles. The van der Waals surface area contributed by atoms with Crippen molar-refractivity contribution in [1.82, 2.24) is 5.32 Å². The molecular weight excluding hydrogens is 332 g/mol. The lowest BCUT2D eigenvalue weighted by Crippen LogP contribution is -2.28. The molecule has 0 saturated heterocycles. The molecule has 0 aliphatic heterocycles. The maximum atomic E-state index is 13.8. The van der Waals surface area contributed by atoms with Crippen molar-refractivity contribution in [1.29, 1.82) is 0 Å². The summed E-state index contributed by atoms with van der Waals surface area (Å²) < 4.78 is 37.3. The Balaban J connectivity index is 2.31. The third kappa shape index (κ3) is 3.81. The molecule has 0 aliphatic rings. The van der Waals surface area contributed by atoms with Gasteiger partial charge >= 0.3 is 0 Å². The number of amides is 1. The first kappa shape index (κ1) is 18.5. The van der Waals surface area contributed by atoms with Gasteiger partial charge < -0.3 is 19.9 Å². The molecule has 0 fully saturated rings. The number of rotatable bonds is 5. The summed E-state index contributed by atoms with van der Waals surface area (Å²) in [5, 5.41) is 12.2. The number of methoxy groups -OCH3 is 2. The van der Waals surface area contributed by atoms with Crippen LogP contribution in [0.15, 0.2) is 24.3 Å². The van der Waals surface area contributed by atoms with E-state index in [1.807, 2.05) is 6.92 Å². The topological polar surface area (TPSA) is 67.8 Å². The minimum Gasteiger partial charge on any atom is -0.507 e. The number of aryl methyl sites for hydroxylation is 1. The summed E-state index contributed by atoms with van der Waals surface area (Å²) in [5.41, 5.74) is 0.952. The van der Waals surface area contributed by atoms with E-state index in [-0.39, 0.29) is 0 Å². The number of phenolic OH excluding ortho intramolecular Hbond substituents is 1. The zero-order valence-electron chi connectivity index (χ0n) is 14.3. The van der Waals surface area contributed by atoms with E-state index in [4.69, 9.17) is 9.47 Å². The van der Waals surface area contributed by atoms with Gasteiger partial charge in [-0.1, -0.05) is 0 Å². The molecule has 1 atom stereocenters. The van der Waals surface area contributed by atoms with Gasteiger partial charge in [0.2, 0.25) is 0 Å². The van der Waals surface area contributed by atoms with E-state index in [1.54, 1.807) is 19.1 Å². The molecule has 2 aromatic carbocycles. The molecule has 0 heterocycles. The molecule has 2 N–H and O–H groups in total. The van der Waals surface area contributed by atoms with Crippen LogP contribution in [0.2, 0.25) is 0 Å². The number of phenols is 1. The number of nitrogens with one attached hydrogen (secondary N) is 1. The normalized spacial score (nSPS) is 11.8. The molecule has 1 amide bonds. The fourth-order valence-corrected chi connectivity index (χ4v) is 2.59. The lowest BCUT2D eigenvalue weighted by Gasteiger charge is -2.19. The number of ether oxygens (including phenoxy) is 2. The Bertz CT molecular complexity index is 785. The average Bonchev–Trinajstić information content (AvgIpc) is 2.53. The smallest absolute Gasteiger partial charge is 0.258 e. The molecule has 2 rings (SSSR count).